The second-order valence-electron chi connectivity index (χ2n) is 4.22. The molecule has 0 bridgehead atoms. The summed E-state index contributed by atoms with van der Waals surface area (Å²) in [6.07, 6.45) is 1.82. The van der Waals surface area contributed by atoms with Crippen LogP contribution in [-0.4, -0.2) is 19.7 Å². The Balaban J connectivity index is 2.33. The number of nitrogen functional groups attached to an aromatic ring is 1. The second kappa shape index (κ2) is 3.80. The van der Waals surface area contributed by atoms with Gasteiger partial charge in [0.05, 0.1) is 11.7 Å². The molecule has 3 aromatic rings. The number of aromatic nitrogens is 4. The van der Waals surface area contributed by atoms with Gasteiger partial charge in [0.2, 0.25) is 0 Å². The molecular formula is C13H13N5. The van der Waals surface area contributed by atoms with Gasteiger partial charge in [-0.05, 0) is 19.9 Å². The summed E-state index contributed by atoms with van der Waals surface area (Å²) in [5, 5.41) is 5.46. The number of aryl methyl sites for hydroxylation is 1. The Morgan fingerprint density at radius 1 is 1.11 bits per heavy atom. The number of nitrogens with zero attached hydrogens (tertiary/aromatic N) is 4. The Kier molecular flexibility index (Phi) is 2.26. The Labute approximate surface area is 104 Å². The first-order valence-corrected chi connectivity index (χ1v) is 5.70. The molecule has 2 N–H and O–H groups in total. The Morgan fingerprint density at radius 3 is 2.72 bits per heavy atom. The lowest BCUT2D eigenvalue weighted by molar-refractivity contribution is 0.843. The summed E-state index contributed by atoms with van der Waals surface area (Å²) in [5.41, 5.74) is 7.73. The highest BCUT2D eigenvalue weighted by molar-refractivity contribution is 5.80. The van der Waals surface area contributed by atoms with E-state index in [1.165, 1.54) is 0 Å². The van der Waals surface area contributed by atoms with E-state index in [4.69, 9.17) is 5.73 Å². The zero-order valence-electron chi connectivity index (χ0n) is 10.3. The van der Waals surface area contributed by atoms with Gasteiger partial charge in [-0.1, -0.05) is 18.2 Å². The molecule has 0 aliphatic rings. The van der Waals surface area contributed by atoms with E-state index >= 15 is 0 Å². The SMILES string of the molecule is Cc1nc(N)c(C)c(-n2ncc3ccccc32)n1. The average molecular weight is 239 g/mol. The van der Waals surface area contributed by atoms with Crippen LogP contribution >= 0.6 is 0 Å². The summed E-state index contributed by atoms with van der Waals surface area (Å²) in [6, 6.07) is 8.00. The molecule has 1 aromatic carbocycles. The number of para-hydroxylation sites is 1. The van der Waals surface area contributed by atoms with E-state index in [-0.39, 0.29) is 0 Å². The third-order valence-corrected chi connectivity index (χ3v) is 2.95. The molecule has 0 aliphatic heterocycles. The average Bonchev–Trinajstić information content (AvgIpc) is 2.77. The van der Waals surface area contributed by atoms with Gasteiger partial charge in [0.15, 0.2) is 5.82 Å². The molecule has 0 atom stereocenters. The number of fused-ring (bicyclic) bond motifs is 1. The normalized spacial score (nSPS) is 11.0. The number of hydrogen-bond donors (Lipinski definition) is 1. The molecule has 0 amide bonds. The lowest BCUT2D eigenvalue weighted by atomic mass is 10.2. The molecule has 0 saturated carbocycles. The van der Waals surface area contributed by atoms with Crippen molar-refractivity contribution in [2.24, 2.45) is 0 Å². The Hall–Kier alpha value is -2.43. The molecule has 0 fully saturated rings. The van der Waals surface area contributed by atoms with Gasteiger partial charge in [-0.2, -0.15) is 5.10 Å². The van der Waals surface area contributed by atoms with Crippen molar-refractivity contribution in [2.75, 3.05) is 5.73 Å². The van der Waals surface area contributed by atoms with Crippen LogP contribution in [0.4, 0.5) is 5.82 Å². The number of nitrogens with two attached hydrogens (primary N) is 1. The maximum absolute atomic E-state index is 5.88. The summed E-state index contributed by atoms with van der Waals surface area (Å²) in [4.78, 5) is 8.58. The minimum Gasteiger partial charge on any atom is -0.383 e. The minimum atomic E-state index is 0.497. The van der Waals surface area contributed by atoms with Crippen LogP contribution in [0.15, 0.2) is 30.5 Å². The topological polar surface area (TPSA) is 69.6 Å². The lowest BCUT2D eigenvalue weighted by Gasteiger charge is -2.09. The number of rotatable bonds is 1. The second-order valence-corrected chi connectivity index (χ2v) is 4.22. The number of anilines is 1. The van der Waals surface area contributed by atoms with E-state index in [9.17, 15) is 0 Å². The van der Waals surface area contributed by atoms with Crippen molar-refractivity contribution < 1.29 is 0 Å². The third kappa shape index (κ3) is 1.52. The van der Waals surface area contributed by atoms with Gasteiger partial charge in [0.25, 0.3) is 0 Å². The molecule has 90 valence electrons. The van der Waals surface area contributed by atoms with Gasteiger partial charge < -0.3 is 5.73 Å². The highest BCUT2D eigenvalue weighted by Crippen LogP contribution is 2.21. The van der Waals surface area contributed by atoms with E-state index in [1.54, 1.807) is 4.68 Å². The fourth-order valence-corrected chi connectivity index (χ4v) is 1.98. The number of benzene rings is 1. The van der Waals surface area contributed by atoms with Crippen molar-refractivity contribution in [1.82, 2.24) is 19.7 Å². The van der Waals surface area contributed by atoms with Crippen LogP contribution in [0.25, 0.3) is 16.7 Å². The predicted octanol–water partition coefficient (Wildman–Crippen LogP) is 2.01. The Morgan fingerprint density at radius 2 is 1.89 bits per heavy atom. The van der Waals surface area contributed by atoms with Crippen LogP contribution in [0.5, 0.6) is 0 Å². The van der Waals surface area contributed by atoms with Crippen molar-refractivity contribution in [3.8, 4) is 5.82 Å². The summed E-state index contributed by atoms with van der Waals surface area (Å²) < 4.78 is 1.80. The van der Waals surface area contributed by atoms with Crippen LogP contribution in [-0.2, 0) is 0 Å². The molecule has 5 heteroatoms. The van der Waals surface area contributed by atoms with Crippen molar-refractivity contribution in [3.05, 3.63) is 41.9 Å². The predicted molar refractivity (Wildman–Crippen MR) is 70.5 cm³/mol. The van der Waals surface area contributed by atoms with Crippen LogP contribution in [0, 0.1) is 13.8 Å². The summed E-state index contributed by atoms with van der Waals surface area (Å²) in [5.74, 6) is 1.88. The van der Waals surface area contributed by atoms with Crippen LogP contribution < -0.4 is 5.73 Å². The van der Waals surface area contributed by atoms with E-state index in [0.29, 0.717) is 11.6 Å². The zero-order valence-corrected chi connectivity index (χ0v) is 10.3. The first kappa shape index (κ1) is 10.7. The summed E-state index contributed by atoms with van der Waals surface area (Å²) in [6.45, 7) is 3.73. The van der Waals surface area contributed by atoms with E-state index in [0.717, 1.165) is 22.3 Å². The summed E-state index contributed by atoms with van der Waals surface area (Å²) in [7, 11) is 0. The fourth-order valence-electron chi connectivity index (χ4n) is 1.98. The first-order valence-electron chi connectivity index (χ1n) is 5.70. The Bertz CT molecular complexity index is 729. The maximum atomic E-state index is 5.88. The maximum Gasteiger partial charge on any atom is 0.162 e. The van der Waals surface area contributed by atoms with Crippen LogP contribution in [0.3, 0.4) is 0 Å². The molecule has 18 heavy (non-hydrogen) atoms. The minimum absolute atomic E-state index is 0.497. The zero-order chi connectivity index (χ0) is 12.7. The molecule has 0 spiro atoms. The van der Waals surface area contributed by atoms with Gasteiger partial charge in [-0.3, -0.25) is 0 Å². The van der Waals surface area contributed by atoms with Gasteiger partial charge in [0.1, 0.15) is 11.6 Å². The molecule has 5 nitrogen and oxygen atoms in total. The molecule has 0 unspecified atom stereocenters. The van der Waals surface area contributed by atoms with Gasteiger partial charge in [0, 0.05) is 10.9 Å². The quantitative estimate of drug-likeness (QED) is 0.705. The fraction of sp³-hybridized carbons (Fsp3) is 0.154. The van der Waals surface area contributed by atoms with Gasteiger partial charge >= 0.3 is 0 Å². The largest absolute Gasteiger partial charge is 0.383 e. The molecule has 0 saturated heterocycles. The lowest BCUT2D eigenvalue weighted by Crippen LogP contribution is -2.08. The smallest absolute Gasteiger partial charge is 0.162 e. The monoisotopic (exact) mass is 239 g/mol. The number of hydrogen-bond acceptors (Lipinski definition) is 4. The molecule has 0 aliphatic carbocycles. The van der Waals surface area contributed by atoms with Gasteiger partial charge in [-0.25, -0.2) is 14.6 Å². The molecule has 2 heterocycles. The highest BCUT2D eigenvalue weighted by atomic mass is 15.3. The molecule has 3 rings (SSSR count). The molecule has 0 radical (unpaired) electrons. The third-order valence-electron chi connectivity index (χ3n) is 2.95. The van der Waals surface area contributed by atoms with Gasteiger partial charge in [-0.15, -0.1) is 0 Å². The van der Waals surface area contributed by atoms with E-state index in [1.807, 2.05) is 44.3 Å². The van der Waals surface area contributed by atoms with Crippen molar-refractivity contribution in [2.45, 2.75) is 13.8 Å². The molecular weight excluding hydrogens is 226 g/mol. The summed E-state index contributed by atoms with van der Waals surface area (Å²) >= 11 is 0. The van der Waals surface area contributed by atoms with Crippen molar-refractivity contribution in [3.63, 3.8) is 0 Å². The molecule has 2 aromatic heterocycles. The standard InChI is InChI=1S/C13H13N5/c1-8-12(14)16-9(2)17-13(8)18-11-6-4-3-5-10(11)7-15-18/h3-7H,1-2H3,(H2,14,16,17). The van der Waals surface area contributed by atoms with E-state index in [2.05, 4.69) is 15.1 Å². The van der Waals surface area contributed by atoms with Crippen molar-refractivity contribution >= 4 is 16.7 Å². The van der Waals surface area contributed by atoms with Crippen LogP contribution in [0.2, 0.25) is 0 Å². The van der Waals surface area contributed by atoms with Crippen molar-refractivity contribution in [1.29, 1.82) is 0 Å². The van der Waals surface area contributed by atoms with E-state index < -0.39 is 0 Å². The van der Waals surface area contributed by atoms with Crippen LogP contribution in [0.1, 0.15) is 11.4 Å². The first-order chi connectivity index (χ1) is 8.66. The highest BCUT2D eigenvalue weighted by Gasteiger charge is 2.11.